The smallest absolute Gasteiger partial charge is 0.324 e. The van der Waals surface area contributed by atoms with Crippen LogP contribution in [0.4, 0.5) is 11.4 Å². The van der Waals surface area contributed by atoms with Gasteiger partial charge in [0.2, 0.25) is 10.0 Å². The van der Waals surface area contributed by atoms with Crippen LogP contribution in [0, 0.1) is 17.0 Å². The van der Waals surface area contributed by atoms with E-state index in [1.807, 2.05) is 6.92 Å². The van der Waals surface area contributed by atoms with Gasteiger partial charge in [-0.15, -0.1) is 0 Å². The number of nitrogens with zero attached hydrogens (tertiary/aromatic N) is 2. The average molecular weight is 482 g/mol. The lowest BCUT2D eigenvalue weighted by molar-refractivity contribution is -0.383. The molecule has 0 aromatic heterocycles. The van der Waals surface area contributed by atoms with Crippen LogP contribution in [0.25, 0.3) is 0 Å². The maximum absolute atomic E-state index is 12.9. The van der Waals surface area contributed by atoms with Crippen LogP contribution in [0.2, 0.25) is 5.02 Å². The number of amides is 1. The number of carbonyl (C=O) groups excluding carboxylic acids is 2. The van der Waals surface area contributed by atoms with Crippen molar-refractivity contribution in [2.45, 2.75) is 30.7 Å². The molecule has 1 aliphatic heterocycles. The van der Waals surface area contributed by atoms with E-state index in [0.717, 1.165) is 15.9 Å². The maximum atomic E-state index is 12.9. The summed E-state index contributed by atoms with van der Waals surface area (Å²) in [4.78, 5) is 35.1. The van der Waals surface area contributed by atoms with Crippen molar-refractivity contribution < 1.29 is 27.7 Å². The second-order valence-corrected chi connectivity index (χ2v) is 9.49. The van der Waals surface area contributed by atoms with Gasteiger partial charge in [-0.3, -0.25) is 19.7 Å². The van der Waals surface area contributed by atoms with E-state index in [0.29, 0.717) is 6.42 Å². The molecule has 1 N–H and O–H groups in total. The van der Waals surface area contributed by atoms with E-state index < -0.39 is 45.2 Å². The zero-order valence-corrected chi connectivity index (χ0v) is 18.6. The zero-order chi connectivity index (χ0) is 23.5. The van der Waals surface area contributed by atoms with Crippen molar-refractivity contribution in [3.8, 4) is 0 Å². The van der Waals surface area contributed by atoms with Gasteiger partial charge >= 0.3 is 5.97 Å². The third-order valence-electron chi connectivity index (χ3n) is 4.88. The number of sulfonamides is 1. The van der Waals surface area contributed by atoms with Gasteiger partial charge in [-0.1, -0.05) is 29.3 Å². The van der Waals surface area contributed by atoms with Gasteiger partial charge in [0.05, 0.1) is 9.82 Å². The Labute approximate surface area is 189 Å². The number of benzene rings is 2. The number of hydrogen-bond acceptors (Lipinski definition) is 7. The van der Waals surface area contributed by atoms with Gasteiger partial charge in [0.25, 0.3) is 11.6 Å². The summed E-state index contributed by atoms with van der Waals surface area (Å²) in [5, 5.41) is 13.5. The van der Waals surface area contributed by atoms with Gasteiger partial charge in [0.1, 0.15) is 11.7 Å². The molecule has 0 radical (unpaired) electrons. The Morgan fingerprint density at radius 1 is 1.25 bits per heavy atom. The molecule has 2 aromatic carbocycles. The Balaban J connectivity index is 1.65. The van der Waals surface area contributed by atoms with Gasteiger partial charge in [-0.05, 0) is 44.0 Å². The van der Waals surface area contributed by atoms with Crippen LogP contribution in [-0.4, -0.2) is 48.7 Å². The largest absolute Gasteiger partial charge is 0.454 e. The molecule has 0 bridgehead atoms. The molecule has 1 heterocycles. The number of nitrogens with one attached hydrogen (secondary N) is 1. The highest BCUT2D eigenvalue weighted by Gasteiger charge is 2.40. The number of carbonyl (C=O) groups is 2. The number of aryl methyl sites for hydroxylation is 1. The van der Waals surface area contributed by atoms with Crippen molar-refractivity contribution in [2.75, 3.05) is 18.5 Å². The number of nitro benzene ring substituents is 1. The van der Waals surface area contributed by atoms with E-state index in [4.69, 9.17) is 16.3 Å². The highest BCUT2D eigenvalue weighted by atomic mass is 35.5. The third-order valence-corrected chi connectivity index (χ3v) is 7.04. The number of ether oxygens (including phenoxy) is 1. The Morgan fingerprint density at radius 3 is 2.59 bits per heavy atom. The predicted molar refractivity (Wildman–Crippen MR) is 116 cm³/mol. The van der Waals surface area contributed by atoms with Crippen LogP contribution >= 0.6 is 11.6 Å². The topological polar surface area (TPSA) is 136 Å². The van der Waals surface area contributed by atoms with E-state index in [1.54, 1.807) is 12.1 Å². The van der Waals surface area contributed by atoms with Crippen LogP contribution in [0.15, 0.2) is 47.4 Å². The minimum Gasteiger partial charge on any atom is -0.454 e. The molecular formula is C20H20ClN3O7S. The summed E-state index contributed by atoms with van der Waals surface area (Å²) in [5.41, 5.74) is 0.376. The van der Waals surface area contributed by atoms with E-state index in [-0.39, 0.29) is 28.6 Å². The lowest BCUT2D eigenvalue weighted by Crippen LogP contribution is -2.42. The lowest BCUT2D eigenvalue weighted by atomic mass is 10.2. The van der Waals surface area contributed by atoms with E-state index >= 15 is 0 Å². The number of nitro groups is 1. The first kappa shape index (κ1) is 23.6. The molecule has 0 aliphatic carbocycles. The minimum atomic E-state index is -3.91. The Bertz CT molecular complexity index is 1150. The molecule has 0 unspecified atom stereocenters. The molecule has 3 rings (SSSR count). The molecule has 2 aromatic rings. The molecule has 10 nitrogen and oxygen atoms in total. The molecule has 1 amide bonds. The van der Waals surface area contributed by atoms with Crippen LogP contribution in [-0.2, 0) is 24.3 Å². The number of anilines is 1. The fraction of sp³-hybridized carbons (Fsp3) is 0.300. The Kier molecular flexibility index (Phi) is 7.12. The van der Waals surface area contributed by atoms with E-state index in [9.17, 15) is 28.1 Å². The summed E-state index contributed by atoms with van der Waals surface area (Å²) in [5.74, 6) is -1.67. The molecular weight excluding hydrogens is 462 g/mol. The molecule has 1 saturated heterocycles. The summed E-state index contributed by atoms with van der Waals surface area (Å²) < 4.78 is 31.9. The third kappa shape index (κ3) is 5.23. The zero-order valence-electron chi connectivity index (χ0n) is 17.0. The first-order valence-corrected chi connectivity index (χ1v) is 11.4. The summed E-state index contributed by atoms with van der Waals surface area (Å²) in [6.07, 6.45) is 0.724. The molecule has 12 heteroatoms. The molecule has 0 spiro atoms. The van der Waals surface area contributed by atoms with Gasteiger partial charge in [0, 0.05) is 17.6 Å². The van der Waals surface area contributed by atoms with Crippen LogP contribution < -0.4 is 5.32 Å². The summed E-state index contributed by atoms with van der Waals surface area (Å²) in [6, 6.07) is 8.91. The van der Waals surface area contributed by atoms with E-state index in [2.05, 4.69) is 5.32 Å². The monoisotopic (exact) mass is 481 g/mol. The lowest BCUT2D eigenvalue weighted by Gasteiger charge is -2.22. The quantitative estimate of drug-likeness (QED) is 0.364. The first-order chi connectivity index (χ1) is 15.1. The van der Waals surface area contributed by atoms with Gasteiger partial charge in [-0.25, -0.2) is 8.42 Å². The summed E-state index contributed by atoms with van der Waals surface area (Å²) >= 11 is 5.74. The molecule has 0 saturated carbocycles. The minimum absolute atomic E-state index is 0.0654. The van der Waals surface area contributed by atoms with E-state index in [1.165, 1.54) is 24.3 Å². The molecule has 1 atom stereocenters. The van der Waals surface area contributed by atoms with Crippen LogP contribution in [0.3, 0.4) is 0 Å². The SMILES string of the molecule is Cc1ccc(S(=O)(=O)N2CCC[C@H]2C(=O)OCC(=O)Nc2ccc(Cl)cc2[N+](=O)[O-])cc1. The second kappa shape index (κ2) is 9.63. The highest BCUT2D eigenvalue weighted by molar-refractivity contribution is 7.89. The predicted octanol–water partition coefficient (Wildman–Crippen LogP) is 2.89. The number of halogens is 1. The highest BCUT2D eigenvalue weighted by Crippen LogP contribution is 2.28. The van der Waals surface area contributed by atoms with Crippen molar-refractivity contribution in [1.82, 2.24) is 4.31 Å². The molecule has 1 aliphatic rings. The van der Waals surface area contributed by atoms with Crippen LogP contribution in [0.5, 0.6) is 0 Å². The van der Waals surface area contributed by atoms with Crippen molar-refractivity contribution in [3.63, 3.8) is 0 Å². The Hall–Kier alpha value is -3.02. The number of rotatable bonds is 7. The normalized spacial score (nSPS) is 16.5. The fourth-order valence-corrected chi connectivity index (χ4v) is 5.10. The second-order valence-electron chi connectivity index (χ2n) is 7.16. The summed E-state index contributed by atoms with van der Waals surface area (Å²) in [7, 11) is -3.91. The Morgan fingerprint density at radius 2 is 1.94 bits per heavy atom. The van der Waals surface area contributed by atoms with Crippen molar-refractivity contribution >= 4 is 44.9 Å². The van der Waals surface area contributed by atoms with Crippen molar-refractivity contribution in [1.29, 1.82) is 0 Å². The number of hydrogen-bond donors (Lipinski definition) is 1. The van der Waals surface area contributed by atoms with Crippen LogP contribution in [0.1, 0.15) is 18.4 Å². The van der Waals surface area contributed by atoms with Gasteiger partial charge in [0.15, 0.2) is 6.61 Å². The van der Waals surface area contributed by atoms with Crippen molar-refractivity contribution in [3.05, 3.63) is 63.2 Å². The fourth-order valence-electron chi connectivity index (χ4n) is 3.29. The van der Waals surface area contributed by atoms with Gasteiger partial charge < -0.3 is 10.1 Å². The van der Waals surface area contributed by atoms with Gasteiger partial charge in [-0.2, -0.15) is 4.31 Å². The number of esters is 1. The van der Waals surface area contributed by atoms with Crippen molar-refractivity contribution in [2.24, 2.45) is 0 Å². The molecule has 170 valence electrons. The average Bonchev–Trinajstić information content (AvgIpc) is 3.24. The maximum Gasteiger partial charge on any atom is 0.324 e. The summed E-state index contributed by atoms with van der Waals surface area (Å²) in [6.45, 7) is 1.25. The molecule has 32 heavy (non-hydrogen) atoms. The first-order valence-electron chi connectivity index (χ1n) is 9.58. The molecule has 1 fully saturated rings. The standard InChI is InChI=1S/C20H20ClN3O7S/c1-13-4-7-15(8-5-13)32(29,30)23-10-2-3-17(23)20(26)31-12-19(25)22-16-9-6-14(21)11-18(16)24(27)28/h4-9,11,17H,2-3,10,12H2,1H3,(H,22,25)/t17-/m0/s1.